The molecule has 0 bridgehead atoms. The number of amides is 1. The normalized spacial score (nSPS) is 11.1. The molecule has 6 nitrogen and oxygen atoms in total. The molecule has 0 heterocycles. The third-order valence-corrected chi connectivity index (χ3v) is 5.97. The van der Waals surface area contributed by atoms with Gasteiger partial charge in [-0.25, -0.2) is 8.42 Å². The van der Waals surface area contributed by atoms with Crippen molar-refractivity contribution in [2.45, 2.75) is 19.8 Å². The molecule has 0 aliphatic heterocycles. The number of ether oxygens (including phenoxy) is 1. The Morgan fingerprint density at radius 1 is 0.969 bits per heavy atom. The topological polar surface area (TPSA) is 75.7 Å². The number of carbonyl (C=O) groups is 1. The first-order valence-corrected chi connectivity index (χ1v) is 12.3. The van der Waals surface area contributed by atoms with Gasteiger partial charge in [0.15, 0.2) is 5.75 Å². The maximum absolute atomic E-state index is 12.6. The first-order valence-electron chi connectivity index (χ1n) is 10.4. The number of hydrogen-bond acceptors (Lipinski definition) is 4. The maximum Gasteiger partial charge on any atom is 0.240 e. The van der Waals surface area contributed by atoms with Gasteiger partial charge in [-0.1, -0.05) is 60.2 Å². The summed E-state index contributed by atoms with van der Waals surface area (Å²) in [5.74, 6) is 0.569. The highest BCUT2D eigenvalue weighted by molar-refractivity contribution is 7.92. The van der Waals surface area contributed by atoms with Crippen molar-refractivity contribution in [3.63, 3.8) is 0 Å². The molecule has 32 heavy (non-hydrogen) atoms. The molecule has 0 saturated carbocycles. The lowest BCUT2D eigenvalue weighted by atomic mass is 10.1. The minimum absolute atomic E-state index is 0.314. The molecule has 0 aliphatic rings. The van der Waals surface area contributed by atoms with Gasteiger partial charge in [0.2, 0.25) is 15.9 Å². The zero-order valence-corrected chi connectivity index (χ0v) is 19.1. The van der Waals surface area contributed by atoms with E-state index >= 15 is 0 Å². The van der Waals surface area contributed by atoms with E-state index in [1.54, 1.807) is 36.4 Å². The Bertz CT molecular complexity index is 1150. The lowest BCUT2D eigenvalue weighted by Crippen LogP contribution is -2.40. The fourth-order valence-corrected chi connectivity index (χ4v) is 4.18. The number of para-hydroxylation sites is 3. The quantitative estimate of drug-likeness (QED) is 0.465. The van der Waals surface area contributed by atoms with Crippen LogP contribution in [0.1, 0.15) is 17.5 Å². The molecular weight excluding hydrogens is 424 g/mol. The Morgan fingerprint density at radius 2 is 1.69 bits per heavy atom. The molecule has 0 radical (unpaired) electrons. The Morgan fingerprint density at radius 3 is 2.41 bits per heavy atom. The molecule has 0 atom stereocenters. The second-order valence-electron chi connectivity index (χ2n) is 7.60. The van der Waals surface area contributed by atoms with Crippen LogP contribution < -0.4 is 14.4 Å². The Labute approximate surface area is 189 Å². The summed E-state index contributed by atoms with van der Waals surface area (Å²) in [5, 5.41) is 2.82. The first-order chi connectivity index (χ1) is 15.3. The molecule has 0 aliphatic carbocycles. The summed E-state index contributed by atoms with van der Waals surface area (Å²) in [5.41, 5.74) is 2.73. The number of nitrogens with one attached hydrogen (secondary N) is 1. The second kappa shape index (κ2) is 10.8. The van der Waals surface area contributed by atoms with E-state index in [-0.39, 0.29) is 12.5 Å². The van der Waals surface area contributed by atoms with Crippen molar-refractivity contribution >= 4 is 21.6 Å². The van der Waals surface area contributed by atoms with Crippen molar-refractivity contribution in [1.29, 1.82) is 0 Å². The lowest BCUT2D eigenvalue weighted by molar-refractivity contribution is -0.119. The van der Waals surface area contributed by atoms with Gasteiger partial charge in [-0.15, -0.1) is 0 Å². The van der Waals surface area contributed by atoms with Crippen LogP contribution in [0.25, 0.3) is 0 Å². The average Bonchev–Trinajstić information content (AvgIpc) is 2.76. The predicted molar refractivity (Wildman–Crippen MR) is 128 cm³/mol. The molecule has 0 aromatic heterocycles. The number of sulfonamides is 1. The van der Waals surface area contributed by atoms with Crippen LogP contribution in [-0.4, -0.2) is 33.7 Å². The zero-order valence-electron chi connectivity index (χ0n) is 18.3. The largest absolute Gasteiger partial charge is 0.455 e. The molecule has 0 saturated heterocycles. The van der Waals surface area contributed by atoms with Gasteiger partial charge in [-0.2, -0.15) is 0 Å². The van der Waals surface area contributed by atoms with Gasteiger partial charge in [-0.05, 0) is 49.6 Å². The number of benzene rings is 3. The zero-order chi connectivity index (χ0) is 23.0. The maximum atomic E-state index is 12.6. The average molecular weight is 453 g/mol. The van der Waals surface area contributed by atoms with E-state index in [9.17, 15) is 13.2 Å². The van der Waals surface area contributed by atoms with E-state index in [1.165, 1.54) is 11.1 Å². The third-order valence-electron chi connectivity index (χ3n) is 4.84. The van der Waals surface area contributed by atoms with Crippen LogP contribution in [0.15, 0.2) is 78.9 Å². The number of carbonyl (C=O) groups excluding carboxylic acids is 1. The van der Waals surface area contributed by atoms with Gasteiger partial charge in [0.05, 0.1) is 11.9 Å². The molecular formula is C25H28N2O4S. The standard InChI is InChI=1S/C25H28N2O4S/c1-20-10-8-11-21(18-20)12-9-17-26-25(28)19-27(32(2,29)30)23-15-6-7-16-24(23)31-22-13-4-3-5-14-22/h3-8,10-11,13-16,18H,9,12,17,19H2,1-2H3,(H,26,28). The second-order valence-corrected chi connectivity index (χ2v) is 9.50. The van der Waals surface area contributed by atoms with Gasteiger partial charge < -0.3 is 10.1 Å². The minimum atomic E-state index is -3.71. The van der Waals surface area contributed by atoms with Gasteiger partial charge in [0.25, 0.3) is 0 Å². The van der Waals surface area contributed by atoms with Gasteiger partial charge in [0, 0.05) is 6.54 Å². The van der Waals surface area contributed by atoms with Crippen molar-refractivity contribution < 1.29 is 17.9 Å². The number of hydrogen-bond donors (Lipinski definition) is 1. The fraction of sp³-hybridized carbons (Fsp3) is 0.240. The summed E-state index contributed by atoms with van der Waals surface area (Å²) in [7, 11) is -3.71. The number of rotatable bonds is 10. The molecule has 168 valence electrons. The first kappa shape index (κ1) is 23.3. The molecule has 3 aromatic carbocycles. The van der Waals surface area contributed by atoms with E-state index in [4.69, 9.17) is 4.74 Å². The fourth-order valence-electron chi connectivity index (χ4n) is 3.32. The molecule has 0 unspecified atom stereocenters. The summed E-state index contributed by atoms with van der Waals surface area (Å²) in [6.07, 6.45) is 2.69. The van der Waals surface area contributed by atoms with Crippen LogP contribution in [0.3, 0.4) is 0 Å². The van der Waals surface area contributed by atoms with Crippen LogP contribution in [0, 0.1) is 6.92 Å². The van der Waals surface area contributed by atoms with Gasteiger partial charge in [-0.3, -0.25) is 9.10 Å². The summed E-state index contributed by atoms with van der Waals surface area (Å²) in [4.78, 5) is 12.6. The summed E-state index contributed by atoms with van der Waals surface area (Å²) < 4.78 is 32.0. The van der Waals surface area contributed by atoms with Crippen molar-refractivity contribution in [2.75, 3.05) is 23.7 Å². The van der Waals surface area contributed by atoms with Crippen molar-refractivity contribution in [2.24, 2.45) is 0 Å². The monoisotopic (exact) mass is 452 g/mol. The molecule has 3 aromatic rings. The summed E-state index contributed by atoms with van der Waals surface area (Å²) in [6.45, 7) is 2.19. The van der Waals surface area contributed by atoms with Crippen LogP contribution >= 0.6 is 0 Å². The van der Waals surface area contributed by atoms with E-state index in [0.29, 0.717) is 23.7 Å². The smallest absolute Gasteiger partial charge is 0.240 e. The van der Waals surface area contributed by atoms with Crippen LogP contribution in [0.5, 0.6) is 11.5 Å². The van der Waals surface area contributed by atoms with Crippen LogP contribution in [-0.2, 0) is 21.2 Å². The highest BCUT2D eigenvalue weighted by Gasteiger charge is 2.24. The van der Waals surface area contributed by atoms with E-state index < -0.39 is 10.0 Å². The molecule has 1 amide bonds. The highest BCUT2D eigenvalue weighted by Crippen LogP contribution is 2.33. The predicted octanol–water partition coefficient (Wildman–Crippen LogP) is 4.30. The summed E-state index contributed by atoms with van der Waals surface area (Å²) >= 11 is 0. The third kappa shape index (κ3) is 6.85. The SMILES string of the molecule is Cc1cccc(CCCNC(=O)CN(c2ccccc2Oc2ccccc2)S(C)(=O)=O)c1. The molecule has 1 N–H and O–H groups in total. The van der Waals surface area contributed by atoms with Crippen molar-refractivity contribution in [3.05, 3.63) is 90.0 Å². The Hall–Kier alpha value is -3.32. The van der Waals surface area contributed by atoms with Crippen LogP contribution in [0.2, 0.25) is 0 Å². The minimum Gasteiger partial charge on any atom is -0.455 e. The van der Waals surface area contributed by atoms with E-state index in [0.717, 1.165) is 23.4 Å². The Kier molecular flexibility index (Phi) is 7.89. The van der Waals surface area contributed by atoms with Crippen molar-refractivity contribution in [1.82, 2.24) is 5.32 Å². The van der Waals surface area contributed by atoms with E-state index in [2.05, 4.69) is 17.4 Å². The molecule has 7 heteroatoms. The van der Waals surface area contributed by atoms with Gasteiger partial charge >= 0.3 is 0 Å². The molecule has 0 spiro atoms. The number of anilines is 1. The number of aryl methyl sites for hydroxylation is 2. The number of nitrogens with zero attached hydrogens (tertiary/aromatic N) is 1. The van der Waals surface area contributed by atoms with Gasteiger partial charge in [0.1, 0.15) is 12.3 Å². The molecule has 0 fully saturated rings. The molecule has 3 rings (SSSR count). The van der Waals surface area contributed by atoms with Crippen LogP contribution in [0.4, 0.5) is 5.69 Å². The Balaban J connectivity index is 1.65. The van der Waals surface area contributed by atoms with E-state index in [1.807, 2.05) is 37.3 Å². The van der Waals surface area contributed by atoms with Crippen molar-refractivity contribution in [3.8, 4) is 11.5 Å². The highest BCUT2D eigenvalue weighted by atomic mass is 32.2. The lowest BCUT2D eigenvalue weighted by Gasteiger charge is -2.24. The summed E-state index contributed by atoms with van der Waals surface area (Å²) in [6, 6.07) is 24.1.